The van der Waals surface area contributed by atoms with E-state index in [0.717, 1.165) is 5.56 Å². The molecule has 25 heavy (non-hydrogen) atoms. The number of rotatable bonds is 8. The Morgan fingerprint density at radius 3 is 2.72 bits per heavy atom. The third-order valence-corrected chi connectivity index (χ3v) is 4.44. The maximum Gasteiger partial charge on any atom is 0.308 e. The van der Waals surface area contributed by atoms with Gasteiger partial charge in [-0.1, -0.05) is 30.4 Å². The Bertz CT molecular complexity index is 628. The highest BCUT2D eigenvalue weighted by Crippen LogP contribution is 2.32. The number of nitrogens with one attached hydrogen (secondary N) is 1. The molecule has 3 atom stereocenters. The number of aliphatic carboxylic acids is 1. The number of carbonyl (C=O) groups excluding carboxylic acids is 1. The molecule has 0 aromatic heterocycles. The number of benzene rings is 1. The summed E-state index contributed by atoms with van der Waals surface area (Å²) in [5.74, 6) is -3.02. The second kappa shape index (κ2) is 9.34. The van der Waals surface area contributed by atoms with Gasteiger partial charge in [-0.3, -0.25) is 9.59 Å². The molecule has 1 aromatic rings. The fourth-order valence-corrected chi connectivity index (χ4v) is 3.05. The van der Waals surface area contributed by atoms with E-state index in [0.29, 0.717) is 25.3 Å². The summed E-state index contributed by atoms with van der Waals surface area (Å²) in [6.07, 6.45) is 4.11. The number of aryl methyl sites for hydroxylation is 1. The quantitative estimate of drug-likeness (QED) is 0.557. The van der Waals surface area contributed by atoms with Gasteiger partial charge in [0.25, 0.3) is 0 Å². The number of hydrogen-bond acceptors (Lipinski definition) is 4. The molecule has 136 valence electrons. The summed E-state index contributed by atoms with van der Waals surface area (Å²) in [6, 6.07) is 7.44. The van der Waals surface area contributed by atoms with E-state index in [1.54, 1.807) is 7.11 Å². The minimum atomic E-state index is -0.977. The Labute approximate surface area is 147 Å². The number of amides is 1. The molecule has 2 rings (SSSR count). The molecular formula is C19H25NO5. The second-order valence-electron chi connectivity index (χ2n) is 6.17. The first-order chi connectivity index (χ1) is 12.0. The lowest BCUT2D eigenvalue weighted by Gasteiger charge is -2.31. The molecule has 0 spiro atoms. The third-order valence-electron chi connectivity index (χ3n) is 4.44. The van der Waals surface area contributed by atoms with E-state index in [9.17, 15) is 14.7 Å². The standard InChI is InChI=1S/C19H25NO5/c1-13-6-3-4-9-16(13)20-18(21)15-8-5-7-14(17(15)19(22)23)12-25-11-10-24-2/h3-7,9,14-15,17H,8,10-12H2,1-2H3,(H,20,21)(H,22,23). The van der Waals surface area contributed by atoms with Crippen LogP contribution in [-0.2, 0) is 19.1 Å². The Morgan fingerprint density at radius 1 is 1.28 bits per heavy atom. The predicted octanol–water partition coefficient (Wildman–Crippen LogP) is 2.49. The van der Waals surface area contributed by atoms with Crippen LogP contribution in [0.4, 0.5) is 5.69 Å². The van der Waals surface area contributed by atoms with Gasteiger partial charge in [-0.2, -0.15) is 0 Å². The van der Waals surface area contributed by atoms with Gasteiger partial charge in [0.05, 0.1) is 31.7 Å². The molecule has 1 aliphatic carbocycles. The number of methoxy groups -OCH3 is 1. The van der Waals surface area contributed by atoms with Gasteiger partial charge in [-0.15, -0.1) is 0 Å². The highest BCUT2D eigenvalue weighted by atomic mass is 16.5. The Morgan fingerprint density at radius 2 is 2.04 bits per heavy atom. The van der Waals surface area contributed by atoms with Crippen molar-refractivity contribution in [1.82, 2.24) is 0 Å². The van der Waals surface area contributed by atoms with Crippen molar-refractivity contribution in [2.75, 3.05) is 32.2 Å². The molecule has 1 aromatic carbocycles. The minimum Gasteiger partial charge on any atom is -0.481 e. The molecule has 3 unspecified atom stereocenters. The molecule has 0 bridgehead atoms. The van der Waals surface area contributed by atoms with Crippen LogP contribution in [0.15, 0.2) is 36.4 Å². The van der Waals surface area contributed by atoms with Crippen LogP contribution in [0.2, 0.25) is 0 Å². The van der Waals surface area contributed by atoms with Crippen molar-refractivity contribution in [3.8, 4) is 0 Å². The summed E-state index contributed by atoms with van der Waals surface area (Å²) < 4.78 is 10.4. The lowest BCUT2D eigenvalue weighted by atomic mass is 9.75. The summed E-state index contributed by atoms with van der Waals surface area (Å²) in [4.78, 5) is 24.5. The average molecular weight is 347 g/mol. The number of ether oxygens (including phenoxy) is 2. The summed E-state index contributed by atoms with van der Waals surface area (Å²) in [5.41, 5.74) is 1.65. The van der Waals surface area contributed by atoms with Crippen molar-refractivity contribution < 1.29 is 24.2 Å². The van der Waals surface area contributed by atoms with E-state index in [2.05, 4.69) is 5.32 Å². The molecule has 2 N–H and O–H groups in total. The number of anilines is 1. The van der Waals surface area contributed by atoms with Crippen molar-refractivity contribution in [1.29, 1.82) is 0 Å². The molecule has 6 nitrogen and oxygen atoms in total. The second-order valence-corrected chi connectivity index (χ2v) is 6.17. The zero-order valence-electron chi connectivity index (χ0n) is 14.6. The monoisotopic (exact) mass is 347 g/mol. The van der Waals surface area contributed by atoms with Crippen LogP contribution in [0.5, 0.6) is 0 Å². The van der Waals surface area contributed by atoms with Crippen LogP contribution >= 0.6 is 0 Å². The molecule has 0 saturated heterocycles. The van der Waals surface area contributed by atoms with Gasteiger partial charge in [0, 0.05) is 18.7 Å². The van der Waals surface area contributed by atoms with E-state index in [1.807, 2.05) is 43.3 Å². The molecule has 0 radical (unpaired) electrons. The van der Waals surface area contributed by atoms with E-state index < -0.39 is 17.8 Å². The molecule has 1 amide bonds. The van der Waals surface area contributed by atoms with Gasteiger partial charge in [-0.05, 0) is 25.0 Å². The van der Waals surface area contributed by atoms with Crippen LogP contribution in [0.25, 0.3) is 0 Å². The van der Waals surface area contributed by atoms with Crippen molar-refractivity contribution in [2.24, 2.45) is 17.8 Å². The van der Waals surface area contributed by atoms with Gasteiger partial charge < -0.3 is 19.9 Å². The molecular weight excluding hydrogens is 322 g/mol. The fraction of sp³-hybridized carbons (Fsp3) is 0.474. The van der Waals surface area contributed by atoms with Crippen molar-refractivity contribution in [3.05, 3.63) is 42.0 Å². The van der Waals surface area contributed by atoms with Gasteiger partial charge >= 0.3 is 5.97 Å². The predicted molar refractivity (Wildman–Crippen MR) is 94.4 cm³/mol. The van der Waals surface area contributed by atoms with Crippen LogP contribution in [0, 0.1) is 24.7 Å². The maximum atomic E-state index is 12.7. The van der Waals surface area contributed by atoms with E-state index in [1.165, 1.54) is 0 Å². The lowest BCUT2D eigenvalue weighted by Crippen LogP contribution is -2.41. The third kappa shape index (κ3) is 5.14. The van der Waals surface area contributed by atoms with Crippen LogP contribution in [0.1, 0.15) is 12.0 Å². The van der Waals surface area contributed by atoms with Crippen LogP contribution in [-0.4, -0.2) is 43.9 Å². The lowest BCUT2D eigenvalue weighted by molar-refractivity contribution is -0.149. The first-order valence-corrected chi connectivity index (χ1v) is 8.37. The zero-order chi connectivity index (χ0) is 18.2. The van der Waals surface area contributed by atoms with Gasteiger partial charge in [-0.25, -0.2) is 0 Å². The van der Waals surface area contributed by atoms with Crippen LogP contribution < -0.4 is 5.32 Å². The van der Waals surface area contributed by atoms with Crippen molar-refractivity contribution in [2.45, 2.75) is 13.3 Å². The van der Waals surface area contributed by atoms with E-state index in [-0.39, 0.29) is 18.4 Å². The first-order valence-electron chi connectivity index (χ1n) is 8.37. The normalized spacial score (nSPS) is 22.6. The minimum absolute atomic E-state index is 0.255. The molecule has 0 saturated carbocycles. The van der Waals surface area contributed by atoms with Gasteiger partial charge in [0.2, 0.25) is 5.91 Å². The van der Waals surface area contributed by atoms with Gasteiger partial charge in [0.15, 0.2) is 0 Å². The van der Waals surface area contributed by atoms with E-state index in [4.69, 9.17) is 9.47 Å². The topological polar surface area (TPSA) is 84.9 Å². The molecule has 0 heterocycles. The van der Waals surface area contributed by atoms with Gasteiger partial charge in [0.1, 0.15) is 0 Å². The molecule has 1 aliphatic rings. The van der Waals surface area contributed by atoms with Crippen molar-refractivity contribution >= 4 is 17.6 Å². The molecule has 6 heteroatoms. The van der Waals surface area contributed by atoms with Crippen molar-refractivity contribution in [3.63, 3.8) is 0 Å². The number of allylic oxidation sites excluding steroid dienone is 1. The van der Waals surface area contributed by atoms with Crippen LogP contribution in [0.3, 0.4) is 0 Å². The summed E-state index contributed by atoms with van der Waals surface area (Å²) >= 11 is 0. The highest BCUT2D eigenvalue weighted by molar-refractivity contribution is 5.96. The number of carbonyl (C=O) groups is 2. The van der Waals surface area contributed by atoms with E-state index >= 15 is 0 Å². The number of para-hydroxylation sites is 1. The maximum absolute atomic E-state index is 12.7. The first kappa shape index (κ1) is 19.1. The SMILES string of the molecule is COCCOCC1C=CCC(C(=O)Nc2ccccc2C)C1C(=O)O. The Kier molecular flexibility index (Phi) is 7.16. The Balaban J connectivity index is 2.07. The summed E-state index contributed by atoms with van der Waals surface area (Å²) in [5, 5.41) is 12.5. The number of carboxylic acids is 1. The largest absolute Gasteiger partial charge is 0.481 e. The zero-order valence-corrected chi connectivity index (χ0v) is 14.6. The molecule has 0 fully saturated rings. The summed E-state index contributed by atoms with van der Waals surface area (Å²) in [7, 11) is 1.58. The number of carboxylic acid groups (broad SMARTS) is 1. The average Bonchev–Trinajstić information content (AvgIpc) is 2.60. The fourth-order valence-electron chi connectivity index (χ4n) is 3.05. The Hall–Kier alpha value is -2.18. The highest BCUT2D eigenvalue weighted by Gasteiger charge is 2.40. The number of hydrogen-bond donors (Lipinski definition) is 2. The smallest absolute Gasteiger partial charge is 0.308 e. The molecule has 0 aliphatic heterocycles. The summed E-state index contributed by atoms with van der Waals surface area (Å²) in [6.45, 7) is 3.00.